The van der Waals surface area contributed by atoms with Crippen LogP contribution in [0, 0.1) is 0 Å². The zero-order valence-corrected chi connectivity index (χ0v) is 18.6. The lowest BCUT2D eigenvalue weighted by atomic mass is 10.0. The number of rotatable bonds is 9. The van der Waals surface area contributed by atoms with Gasteiger partial charge in [-0.1, -0.05) is 12.1 Å². The number of aliphatic carboxylic acids is 1. The molecule has 0 radical (unpaired) electrons. The molecule has 0 aromatic carbocycles. The summed E-state index contributed by atoms with van der Waals surface area (Å²) in [4.78, 5) is 36.5. The molecule has 1 unspecified atom stereocenters. The quantitative estimate of drug-likeness (QED) is 0.525. The number of methoxy groups -OCH3 is 1. The third-order valence-corrected chi connectivity index (χ3v) is 6.15. The number of urea groups is 1. The monoisotopic (exact) mass is 455 g/mol. The van der Waals surface area contributed by atoms with E-state index in [1.165, 1.54) is 7.11 Å². The number of amides is 2. The van der Waals surface area contributed by atoms with E-state index in [0.717, 1.165) is 30.8 Å². The Kier molecular flexibility index (Phi) is 6.93. The number of aryl methyl sites for hydroxylation is 1. The molecule has 10 heteroatoms. The number of pyridine rings is 2. The Balaban J connectivity index is 1.40. The summed E-state index contributed by atoms with van der Waals surface area (Å²) < 4.78 is 5.07. The predicted octanol–water partition coefficient (Wildman–Crippen LogP) is 2.22. The maximum atomic E-state index is 13.1. The van der Waals surface area contributed by atoms with E-state index < -0.39 is 18.1 Å². The lowest BCUT2D eigenvalue weighted by Gasteiger charge is -2.27. The van der Waals surface area contributed by atoms with Gasteiger partial charge in [-0.2, -0.15) is 0 Å². The van der Waals surface area contributed by atoms with E-state index in [2.05, 4.69) is 15.3 Å². The van der Waals surface area contributed by atoms with E-state index in [1.807, 2.05) is 12.1 Å². The first-order valence-corrected chi connectivity index (χ1v) is 11.2. The van der Waals surface area contributed by atoms with Crippen molar-refractivity contribution in [3.8, 4) is 5.88 Å². The number of carbonyl (C=O) groups is 2. The van der Waals surface area contributed by atoms with Gasteiger partial charge < -0.3 is 30.1 Å². The van der Waals surface area contributed by atoms with Gasteiger partial charge in [-0.15, -0.1) is 0 Å². The summed E-state index contributed by atoms with van der Waals surface area (Å²) in [5.41, 5.74) is 2.37. The van der Waals surface area contributed by atoms with Crippen LogP contribution in [0.4, 0.5) is 10.6 Å². The fraction of sp³-hybridized carbons (Fsp3) is 0.478. The lowest BCUT2D eigenvalue weighted by Crippen LogP contribution is -2.36. The minimum atomic E-state index is -0.996. The van der Waals surface area contributed by atoms with Crippen LogP contribution in [0.1, 0.15) is 48.2 Å². The highest BCUT2D eigenvalue weighted by atomic mass is 16.5. The average Bonchev–Trinajstić information content (AvgIpc) is 3.20. The minimum Gasteiger partial charge on any atom is -0.481 e. The summed E-state index contributed by atoms with van der Waals surface area (Å²) in [6.07, 6.45) is 2.93. The third kappa shape index (κ3) is 5.16. The van der Waals surface area contributed by atoms with Crippen molar-refractivity contribution in [1.29, 1.82) is 0 Å². The second-order valence-corrected chi connectivity index (χ2v) is 8.29. The molecular formula is C23H29N5O5. The van der Waals surface area contributed by atoms with Crippen LogP contribution in [-0.4, -0.2) is 75.3 Å². The molecule has 0 aliphatic carbocycles. The molecule has 0 bridgehead atoms. The summed E-state index contributed by atoms with van der Waals surface area (Å²) >= 11 is 0. The lowest BCUT2D eigenvalue weighted by molar-refractivity contribution is -0.138. The molecule has 2 aromatic heterocycles. The van der Waals surface area contributed by atoms with Crippen molar-refractivity contribution in [3.05, 3.63) is 47.3 Å². The highest BCUT2D eigenvalue weighted by molar-refractivity contribution is 5.78. The summed E-state index contributed by atoms with van der Waals surface area (Å²) in [5.74, 6) is 0.248. The number of hydrogen-bond acceptors (Lipinski definition) is 7. The van der Waals surface area contributed by atoms with E-state index in [1.54, 1.807) is 28.1 Å². The van der Waals surface area contributed by atoms with Gasteiger partial charge >= 0.3 is 12.0 Å². The van der Waals surface area contributed by atoms with Crippen molar-refractivity contribution >= 4 is 17.8 Å². The zero-order valence-electron chi connectivity index (χ0n) is 18.6. The number of anilines is 1. The molecule has 4 heterocycles. The van der Waals surface area contributed by atoms with Gasteiger partial charge in [0.1, 0.15) is 5.82 Å². The molecule has 2 atom stereocenters. The van der Waals surface area contributed by atoms with Crippen molar-refractivity contribution in [2.24, 2.45) is 0 Å². The number of hydrogen-bond donors (Lipinski definition) is 3. The van der Waals surface area contributed by atoms with Crippen LogP contribution in [0.2, 0.25) is 0 Å². The average molecular weight is 456 g/mol. The third-order valence-electron chi connectivity index (χ3n) is 6.15. The second kappa shape index (κ2) is 10.0. The van der Waals surface area contributed by atoms with Crippen LogP contribution >= 0.6 is 0 Å². The van der Waals surface area contributed by atoms with Crippen molar-refractivity contribution < 1.29 is 24.5 Å². The molecule has 3 N–H and O–H groups in total. The highest BCUT2D eigenvalue weighted by Gasteiger charge is 2.36. The van der Waals surface area contributed by atoms with Gasteiger partial charge in [0.2, 0.25) is 5.88 Å². The Hall–Kier alpha value is -3.40. The number of aliphatic hydroxyl groups excluding tert-OH is 1. The highest BCUT2D eigenvalue weighted by Crippen LogP contribution is 2.30. The molecule has 176 valence electrons. The fourth-order valence-corrected chi connectivity index (χ4v) is 4.34. The summed E-state index contributed by atoms with van der Waals surface area (Å²) in [7, 11) is 1.50. The van der Waals surface area contributed by atoms with E-state index in [9.17, 15) is 19.8 Å². The Labute approximate surface area is 192 Å². The topological polar surface area (TPSA) is 128 Å². The molecule has 10 nitrogen and oxygen atoms in total. The number of carboxylic acid groups (broad SMARTS) is 1. The number of aliphatic hydroxyl groups is 1. The number of nitrogens with zero attached hydrogens (tertiary/aromatic N) is 4. The molecule has 0 saturated carbocycles. The van der Waals surface area contributed by atoms with Crippen LogP contribution in [0.15, 0.2) is 30.5 Å². The molecule has 2 aliphatic heterocycles. The Bertz CT molecular complexity index is 999. The molecule has 33 heavy (non-hydrogen) atoms. The molecule has 2 aliphatic rings. The van der Waals surface area contributed by atoms with Gasteiger partial charge in [0.15, 0.2) is 0 Å². The number of ether oxygens (including phenoxy) is 1. The molecular weight excluding hydrogens is 426 g/mol. The summed E-state index contributed by atoms with van der Waals surface area (Å²) in [5, 5.41) is 23.3. The standard InChI is InChI=1S/C23H29N5O5/c1-33-20-7-5-16(14-25-20)18(13-21(30)31)28-12-11-27(23(28)32)10-8-19(29)17-6-4-15-3-2-9-24-22(15)26-17/h4-7,14,18-19,29H,2-3,8-13H2,1H3,(H,24,26)(H,30,31)/t18?,19-/m0/s1. The van der Waals surface area contributed by atoms with E-state index in [4.69, 9.17) is 4.74 Å². The van der Waals surface area contributed by atoms with Crippen molar-refractivity contribution in [2.75, 3.05) is 38.6 Å². The number of aromatic nitrogens is 2. The van der Waals surface area contributed by atoms with Gasteiger partial charge in [0.25, 0.3) is 0 Å². The number of fused-ring (bicyclic) bond motifs is 1. The molecule has 2 amide bonds. The van der Waals surface area contributed by atoms with Crippen LogP contribution in [0.25, 0.3) is 0 Å². The molecule has 0 spiro atoms. The van der Waals surface area contributed by atoms with E-state index in [0.29, 0.717) is 43.2 Å². The van der Waals surface area contributed by atoms with Gasteiger partial charge in [-0.25, -0.2) is 14.8 Å². The Morgan fingerprint density at radius 1 is 1.27 bits per heavy atom. The molecule has 4 rings (SSSR count). The SMILES string of the molecule is COc1ccc(C(CC(=O)O)N2CCN(CC[C@H](O)c3ccc4c(n3)NCCC4)C2=O)cn1. The van der Waals surface area contributed by atoms with Gasteiger partial charge in [-0.05, 0) is 36.5 Å². The fourth-order valence-electron chi connectivity index (χ4n) is 4.34. The predicted molar refractivity (Wildman–Crippen MR) is 120 cm³/mol. The molecule has 1 fully saturated rings. The van der Waals surface area contributed by atoms with Gasteiger partial charge in [0.05, 0.1) is 31.4 Å². The normalized spacial score (nSPS) is 17.3. The Morgan fingerprint density at radius 2 is 2.12 bits per heavy atom. The van der Waals surface area contributed by atoms with Gasteiger partial charge in [-0.3, -0.25) is 4.79 Å². The van der Waals surface area contributed by atoms with E-state index in [-0.39, 0.29) is 12.5 Å². The first-order valence-electron chi connectivity index (χ1n) is 11.2. The minimum absolute atomic E-state index is 0.220. The maximum Gasteiger partial charge on any atom is 0.320 e. The zero-order chi connectivity index (χ0) is 23.4. The number of nitrogens with one attached hydrogen (secondary N) is 1. The summed E-state index contributed by atoms with van der Waals surface area (Å²) in [6.45, 7) is 2.09. The van der Waals surface area contributed by atoms with Crippen molar-refractivity contribution in [2.45, 2.75) is 37.8 Å². The van der Waals surface area contributed by atoms with Crippen molar-refractivity contribution in [1.82, 2.24) is 19.8 Å². The maximum absolute atomic E-state index is 13.1. The van der Waals surface area contributed by atoms with Crippen LogP contribution in [0.5, 0.6) is 5.88 Å². The second-order valence-electron chi connectivity index (χ2n) is 8.29. The first kappa shape index (κ1) is 22.8. The Morgan fingerprint density at radius 3 is 2.85 bits per heavy atom. The van der Waals surface area contributed by atoms with E-state index >= 15 is 0 Å². The molecule has 2 aromatic rings. The summed E-state index contributed by atoms with van der Waals surface area (Å²) in [6, 6.07) is 6.35. The number of carbonyl (C=O) groups excluding carboxylic acids is 1. The van der Waals surface area contributed by atoms with Crippen molar-refractivity contribution in [3.63, 3.8) is 0 Å². The first-order chi connectivity index (χ1) is 16.0. The largest absolute Gasteiger partial charge is 0.481 e. The number of carboxylic acids is 1. The molecule has 1 saturated heterocycles. The van der Waals surface area contributed by atoms with Crippen LogP contribution < -0.4 is 10.1 Å². The smallest absolute Gasteiger partial charge is 0.320 e. The van der Waals surface area contributed by atoms with Crippen LogP contribution in [0.3, 0.4) is 0 Å². The van der Waals surface area contributed by atoms with Gasteiger partial charge in [0, 0.05) is 38.4 Å². The van der Waals surface area contributed by atoms with Crippen LogP contribution in [-0.2, 0) is 11.2 Å².